The van der Waals surface area contributed by atoms with Gasteiger partial charge in [0, 0.05) is 23.7 Å². The molecule has 1 N–H and O–H groups in total. The molecule has 2 nitrogen and oxygen atoms in total. The van der Waals surface area contributed by atoms with E-state index in [-0.39, 0.29) is 18.6 Å². The summed E-state index contributed by atoms with van der Waals surface area (Å²) in [5.41, 5.74) is 0.972. The second-order valence-electron chi connectivity index (χ2n) is 4.96. The van der Waals surface area contributed by atoms with E-state index in [4.69, 9.17) is 11.6 Å². The topological polar surface area (TPSA) is 15.3 Å². The lowest BCUT2D eigenvalue weighted by molar-refractivity contribution is -0.125. The van der Waals surface area contributed by atoms with Gasteiger partial charge in [0.05, 0.1) is 6.54 Å². The minimum absolute atomic E-state index is 0.0337. The predicted molar refractivity (Wildman–Crippen MR) is 76.0 cm³/mol. The van der Waals surface area contributed by atoms with Gasteiger partial charge in [0.25, 0.3) is 0 Å². The van der Waals surface area contributed by atoms with Crippen molar-refractivity contribution in [2.45, 2.75) is 32.1 Å². The minimum Gasteiger partial charge on any atom is -0.307 e. The Morgan fingerprint density at radius 2 is 1.85 bits per heavy atom. The number of hydrogen-bond donors (Lipinski definition) is 1. The van der Waals surface area contributed by atoms with Crippen LogP contribution in [0.25, 0.3) is 0 Å². The first-order valence-electron chi connectivity index (χ1n) is 6.46. The van der Waals surface area contributed by atoms with Crippen molar-refractivity contribution in [1.82, 2.24) is 10.2 Å². The van der Waals surface area contributed by atoms with Crippen LogP contribution in [0.4, 0.5) is 13.2 Å². The Kier molecular flexibility index (Phi) is 6.30. The lowest BCUT2D eigenvalue weighted by Crippen LogP contribution is -2.42. The standard InChI is InChI=1S/C14H20ClF3N2/c1-10(8-19-9-14(16,17)18)20(3)11(2)12-6-4-5-7-13(12)15/h4-7,10-11,19H,8-9H2,1-3H3. The molecule has 0 aromatic heterocycles. The van der Waals surface area contributed by atoms with Crippen molar-refractivity contribution in [1.29, 1.82) is 0 Å². The van der Waals surface area contributed by atoms with Gasteiger partial charge in [-0.25, -0.2) is 0 Å². The Balaban J connectivity index is 2.56. The van der Waals surface area contributed by atoms with E-state index in [1.165, 1.54) is 0 Å². The van der Waals surface area contributed by atoms with Crippen molar-refractivity contribution in [2.24, 2.45) is 0 Å². The lowest BCUT2D eigenvalue weighted by Gasteiger charge is -2.32. The van der Waals surface area contributed by atoms with Gasteiger partial charge in [-0.15, -0.1) is 0 Å². The quantitative estimate of drug-likeness (QED) is 0.858. The van der Waals surface area contributed by atoms with Crippen LogP contribution >= 0.6 is 11.6 Å². The van der Waals surface area contributed by atoms with Crippen molar-refractivity contribution >= 4 is 11.6 Å². The van der Waals surface area contributed by atoms with Gasteiger partial charge in [0.2, 0.25) is 0 Å². The maximum Gasteiger partial charge on any atom is 0.401 e. The fourth-order valence-electron chi connectivity index (χ4n) is 1.98. The minimum atomic E-state index is -4.17. The summed E-state index contributed by atoms with van der Waals surface area (Å²) < 4.78 is 36.3. The van der Waals surface area contributed by atoms with Gasteiger partial charge in [-0.3, -0.25) is 4.90 Å². The Hall–Kier alpha value is -0.780. The lowest BCUT2D eigenvalue weighted by atomic mass is 10.1. The maximum absolute atomic E-state index is 12.1. The van der Waals surface area contributed by atoms with Crippen molar-refractivity contribution in [3.63, 3.8) is 0 Å². The molecule has 0 bridgehead atoms. The molecule has 0 heterocycles. The summed E-state index contributed by atoms with van der Waals surface area (Å²) in [7, 11) is 1.88. The van der Waals surface area contributed by atoms with E-state index in [2.05, 4.69) is 5.32 Å². The van der Waals surface area contributed by atoms with E-state index >= 15 is 0 Å². The van der Waals surface area contributed by atoms with Gasteiger partial charge < -0.3 is 5.32 Å². The number of nitrogens with zero attached hydrogens (tertiary/aromatic N) is 1. The molecule has 0 saturated carbocycles. The highest BCUT2D eigenvalue weighted by molar-refractivity contribution is 6.31. The molecular formula is C14H20ClF3N2. The number of nitrogens with one attached hydrogen (secondary N) is 1. The van der Waals surface area contributed by atoms with Crippen LogP contribution in [0.1, 0.15) is 25.5 Å². The van der Waals surface area contributed by atoms with Crippen LogP contribution in [0.3, 0.4) is 0 Å². The van der Waals surface area contributed by atoms with Crippen molar-refractivity contribution in [3.05, 3.63) is 34.9 Å². The molecule has 1 aromatic rings. The fourth-order valence-corrected chi connectivity index (χ4v) is 2.28. The first kappa shape index (κ1) is 17.3. The average Bonchev–Trinajstić information content (AvgIpc) is 2.36. The molecule has 114 valence electrons. The molecule has 2 unspecified atom stereocenters. The van der Waals surface area contributed by atoms with E-state index in [9.17, 15) is 13.2 Å². The summed E-state index contributed by atoms with van der Waals surface area (Å²) >= 11 is 6.14. The third-order valence-electron chi connectivity index (χ3n) is 3.43. The molecule has 0 aliphatic rings. The van der Waals surface area contributed by atoms with Crippen LogP contribution in [0.15, 0.2) is 24.3 Å². The van der Waals surface area contributed by atoms with Gasteiger partial charge in [-0.05, 0) is 32.5 Å². The van der Waals surface area contributed by atoms with Crippen LogP contribution in [0.2, 0.25) is 5.02 Å². The zero-order valence-electron chi connectivity index (χ0n) is 11.8. The summed E-state index contributed by atoms with van der Waals surface area (Å²) in [6.45, 7) is 3.18. The highest BCUT2D eigenvalue weighted by Crippen LogP contribution is 2.27. The van der Waals surface area contributed by atoms with E-state index in [1.807, 2.05) is 50.1 Å². The highest BCUT2D eigenvalue weighted by atomic mass is 35.5. The monoisotopic (exact) mass is 308 g/mol. The predicted octanol–water partition coefficient (Wildman–Crippen LogP) is 3.87. The van der Waals surface area contributed by atoms with Crippen LogP contribution in [-0.2, 0) is 0 Å². The number of alkyl halides is 3. The van der Waals surface area contributed by atoms with Crippen LogP contribution in [-0.4, -0.2) is 37.3 Å². The largest absolute Gasteiger partial charge is 0.401 e. The number of likely N-dealkylation sites (N-methyl/N-ethyl adjacent to an activating group) is 1. The first-order valence-corrected chi connectivity index (χ1v) is 6.84. The molecular weight excluding hydrogens is 289 g/mol. The van der Waals surface area contributed by atoms with Gasteiger partial charge in [0.15, 0.2) is 0 Å². The second kappa shape index (κ2) is 7.29. The molecule has 0 saturated heterocycles. The van der Waals surface area contributed by atoms with Crippen molar-refractivity contribution < 1.29 is 13.2 Å². The zero-order chi connectivity index (χ0) is 15.3. The Labute approximate surface area is 122 Å². The number of hydrogen-bond acceptors (Lipinski definition) is 2. The Morgan fingerprint density at radius 1 is 1.25 bits per heavy atom. The molecule has 0 amide bonds. The Bertz CT molecular complexity index is 423. The molecule has 0 aliphatic heterocycles. The number of rotatable bonds is 6. The summed E-state index contributed by atoms with van der Waals surface area (Å²) in [6, 6.07) is 7.49. The molecule has 20 heavy (non-hydrogen) atoms. The summed E-state index contributed by atoms with van der Waals surface area (Å²) in [5, 5.41) is 3.10. The normalized spacial score (nSPS) is 15.4. The number of benzene rings is 1. The highest BCUT2D eigenvalue weighted by Gasteiger charge is 2.27. The van der Waals surface area contributed by atoms with E-state index in [0.717, 1.165) is 5.56 Å². The second-order valence-corrected chi connectivity index (χ2v) is 5.37. The summed E-state index contributed by atoms with van der Waals surface area (Å²) in [6.07, 6.45) is -4.17. The van der Waals surface area contributed by atoms with Crippen LogP contribution in [0.5, 0.6) is 0 Å². The third kappa shape index (κ3) is 5.31. The van der Waals surface area contributed by atoms with Gasteiger partial charge in [-0.2, -0.15) is 13.2 Å². The summed E-state index contributed by atoms with van der Waals surface area (Å²) in [5.74, 6) is 0. The smallest absolute Gasteiger partial charge is 0.307 e. The van der Waals surface area contributed by atoms with Gasteiger partial charge in [0.1, 0.15) is 0 Å². The number of halogens is 4. The molecule has 0 aliphatic carbocycles. The van der Waals surface area contributed by atoms with Crippen LogP contribution < -0.4 is 5.32 Å². The third-order valence-corrected chi connectivity index (χ3v) is 3.77. The molecule has 1 aromatic carbocycles. The van der Waals surface area contributed by atoms with Crippen molar-refractivity contribution in [2.75, 3.05) is 20.1 Å². The maximum atomic E-state index is 12.1. The average molecular weight is 309 g/mol. The van der Waals surface area contributed by atoms with E-state index < -0.39 is 12.7 Å². The van der Waals surface area contributed by atoms with E-state index in [0.29, 0.717) is 5.02 Å². The van der Waals surface area contributed by atoms with Gasteiger partial charge in [-0.1, -0.05) is 29.8 Å². The van der Waals surface area contributed by atoms with Crippen molar-refractivity contribution in [3.8, 4) is 0 Å². The summed E-state index contributed by atoms with van der Waals surface area (Å²) in [4.78, 5) is 2.00. The Morgan fingerprint density at radius 3 is 2.40 bits per heavy atom. The molecule has 0 radical (unpaired) electrons. The molecule has 0 spiro atoms. The first-order chi connectivity index (χ1) is 9.22. The van der Waals surface area contributed by atoms with E-state index in [1.54, 1.807) is 0 Å². The molecule has 0 fully saturated rings. The zero-order valence-corrected chi connectivity index (χ0v) is 12.6. The molecule has 2 atom stereocenters. The SMILES string of the molecule is CC(CNCC(F)(F)F)N(C)C(C)c1ccccc1Cl. The van der Waals surface area contributed by atoms with Gasteiger partial charge >= 0.3 is 6.18 Å². The molecule has 6 heteroatoms. The molecule has 1 rings (SSSR count). The van der Waals surface area contributed by atoms with Crippen LogP contribution in [0, 0.1) is 0 Å². The fraction of sp³-hybridized carbons (Fsp3) is 0.571.